The zero-order chi connectivity index (χ0) is 20.3. The molecule has 6 nitrogen and oxygen atoms in total. The minimum absolute atomic E-state index is 0.0590. The van der Waals surface area contributed by atoms with Gasteiger partial charge in [0, 0.05) is 23.7 Å². The van der Waals surface area contributed by atoms with Crippen LogP contribution in [-0.2, 0) is 6.54 Å². The highest BCUT2D eigenvalue weighted by Gasteiger charge is 2.18. The van der Waals surface area contributed by atoms with Crippen LogP contribution >= 0.6 is 0 Å². The van der Waals surface area contributed by atoms with Crippen molar-refractivity contribution in [3.8, 4) is 6.07 Å². The molecule has 0 aliphatic heterocycles. The van der Waals surface area contributed by atoms with E-state index in [1.54, 1.807) is 23.1 Å². The van der Waals surface area contributed by atoms with E-state index in [-0.39, 0.29) is 5.91 Å². The van der Waals surface area contributed by atoms with Gasteiger partial charge in [-0.3, -0.25) is 9.78 Å². The fourth-order valence-corrected chi connectivity index (χ4v) is 3.05. The Bertz CT molecular complexity index is 1050. The van der Waals surface area contributed by atoms with Gasteiger partial charge in [0.05, 0.1) is 23.3 Å². The largest absolute Gasteiger partial charge is 0.383 e. The van der Waals surface area contributed by atoms with Crippen molar-refractivity contribution >= 4 is 22.6 Å². The normalized spacial score (nSPS) is 10.8. The van der Waals surface area contributed by atoms with Crippen LogP contribution in [0.1, 0.15) is 41.0 Å². The summed E-state index contributed by atoms with van der Waals surface area (Å²) in [6.45, 7) is 7.04. The van der Waals surface area contributed by atoms with E-state index in [4.69, 9.17) is 11.0 Å². The lowest BCUT2D eigenvalue weighted by Crippen LogP contribution is -2.34. The van der Waals surface area contributed by atoms with Crippen molar-refractivity contribution in [1.29, 1.82) is 5.26 Å². The van der Waals surface area contributed by atoms with Gasteiger partial charge < -0.3 is 10.6 Å². The second-order valence-electron chi connectivity index (χ2n) is 7.33. The molecule has 3 aromatic rings. The lowest BCUT2D eigenvalue weighted by atomic mass is 10.1. The molecule has 142 valence electrons. The van der Waals surface area contributed by atoms with E-state index < -0.39 is 0 Å². The van der Waals surface area contributed by atoms with Crippen molar-refractivity contribution in [3.05, 3.63) is 65.0 Å². The fourth-order valence-electron chi connectivity index (χ4n) is 3.05. The van der Waals surface area contributed by atoms with Crippen molar-refractivity contribution in [1.82, 2.24) is 14.9 Å². The van der Waals surface area contributed by atoms with Crippen LogP contribution in [0.3, 0.4) is 0 Å². The topological polar surface area (TPSA) is 95.9 Å². The van der Waals surface area contributed by atoms with Gasteiger partial charge in [0.2, 0.25) is 0 Å². The zero-order valence-electron chi connectivity index (χ0n) is 16.3. The smallest absolute Gasteiger partial charge is 0.254 e. The molecular formula is C22H23N5O. The summed E-state index contributed by atoms with van der Waals surface area (Å²) < 4.78 is 0. The molecule has 3 rings (SSSR count). The Morgan fingerprint density at radius 1 is 1.25 bits per heavy atom. The molecule has 1 aromatic carbocycles. The summed E-state index contributed by atoms with van der Waals surface area (Å²) >= 11 is 0. The van der Waals surface area contributed by atoms with Gasteiger partial charge in [-0.05, 0) is 54.8 Å². The third kappa shape index (κ3) is 4.26. The second kappa shape index (κ2) is 8.05. The summed E-state index contributed by atoms with van der Waals surface area (Å²) in [5, 5.41) is 9.81. The highest BCUT2D eigenvalue weighted by atomic mass is 16.2. The van der Waals surface area contributed by atoms with E-state index in [9.17, 15) is 4.79 Å². The molecule has 28 heavy (non-hydrogen) atoms. The molecule has 0 radical (unpaired) electrons. The number of rotatable bonds is 5. The summed E-state index contributed by atoms with van der Waals surface area (Å²) in [5.74, 6) is 0.752. The molecule has 6 heteroatoms. The van der Waals surface area contributed by atoms with Crippen molar-refractivity contribution in [2.45, 2.75) is 27.3 Å². The van der Waals surface area contributed by atoms with Gasteiger partial charge in [-0.15, -0.1) is 0 Å². The number of nitrogen functional groups attached to an aromatic ring is 1. The van der Waals surface area contributed by atoms with E-state index in [0.29, 0.717) is 36.0 Å². The van der Waals surface area contributed by atoms with Crippen LogP contribution < -0.4 is 5.73 Å². The summed E-state index contributed by atoms with van der Waals surface area (Å²) in [7, 11) is 0. The molecule has 0 aliphatic carbocycles. The predicted octanol–water partition coefficient (Wildman–Crippen LogP) is 3.69. The summed E-state index contributed by atoms with van der Waals surface area (Å²) in [5.41, 5.74) is 9.39. The zero-order valence-corrected chi connectivity index (χ0v) is 16.3. The predicted molar refractivity (Wildman–Crippen MR) is 109 cm³/mol. The molecule has 0 fully saturated rings. The molecule has 0 atom stereocenters. The molecular weight excluding hydrogens is 350 g/mol. The Morgan fingerprint density at radius 3 is 2.68 bits per heavy atom. The Balaban J connectivity index is 1.90. The standard InChI is InChI=1S/C22H23N5O/c1-14(2)12-27(13-19-6-4-16(10-23)11-25-19)22(28)17-5-7-20-18(9-17)8-15(3)21(24)26-20/h4-9,11,14H,12-13H2,1-3H3,(H2,24,26). The number of fused-ring (bicyclic) bond motifs is 1. The first kappa shape index (κ1) is 19.3. The maximum atomic E-state index is 13.2. The molecule has 2 N–H and O–H groups in total. The monoisotopic (exact) mass is 373 g/mol. The number of carbonyl (C=O) groups is 1. The van der Waals surface area contributed by atoms with Crippen LogP contribution in [0.25, 0.3) is 10.9 Å². The quantitative estimate of drug-likeness (QED) is 0.736. The Hall–Kier alpha value is -3.46. The number of nitrogens with two attached hydrogens (primary N) is 1. The first-order valence-electron chi connectivity index (χ1n) is 9.18. The minimum Gasteiger partial charge on any atom is -0.383 e. The third-order valence-corrected chi connectivity index (χ3v) is 4.47. The average Bonchev–Trinajstić information content (AvgIpc) is 2.67. The van der Waals surface area contributed by atoms with Crippen LogP contribution in [0.4, 0.5) is 5.82 Å². The first-order chi connectivity index (χ1) is 13.4. The van der Waals surface area contributed by atoms with E-state index in [2.05, 4.69) is 29.9 Å². The number of amides is 1. The third-order valence-electron chi connectivity index (χ3n) is 4.47. The van der Waals surface area contributed by atoms with Gasteiger partial charge in [0.25, 0.3) is 5.91 Å². The lowest BCUT2D eigenvalue weighted by Gasteiger charge is -2.24. The van der Waals surface area contributed by atoms with Crippen LogP contribution in [-0.4, -0.2) is 27.3 Å². The second-order valence-corrected chi connectivity index (χ2v) is 7.33. The Morgan fingerprint density at radius 2 is 2.04 bits per heavy atom. The van der Waals surface area contributed by atoms with Crippen molar-refractivity contribution in [3.63, 3.8) is 0 Å². The van der Waals surface area contributed by atoms with Crippen LogP contribution in [0, 0.1) is 24.2 Å². The van der Waals surface area contributed by atoms with Crippen molar-refractivity contribution < 1.29 is 4.79 Å². The van der Waals surface area contributed by atoms with E-state index in [1.165, 1.54) is 6.20 Å². The highest BCUT2D eigenvalue weighted by molar-refractivity contribution is 5.98. The summed E-state index contributed by atoms with van der Waals surface area (Å²) in [6.07, 6.45) is 1.53. The van der Waals surface area contributed by atoms with Crippen LogP contribution in [0.15, 0.2) is 42.6 Å². The number of carbonyl (C=O) groups excluding carboxylic acids is 1. The van der Waals surface area contributed by atoms with Gasteiger partial charge in [-0.2, -0.15) is 5.26 Å². The number of aryl methyl sites for hydroxylation is 1. The molecule has 0 saturated heterocycles. The van der Waals surface area contributed by atoms with Gasteiger partial charge in [-0.25, -0.2) is 4.98 Å². The summed E-state index contributed by atoms with van der Waals surface area (Å²) in [6, 6.07) is 13.0. The maximum Gasteiger partial charge on any atom is 0.254 e. The highest BCUT2D eigenvalue weighted by Crippen LogP contribution is 2.21. The number of benzene rings is 1. The molecule has 0 spiro atoms. The Labute approximate surface area is 164 Å². The average molecular weight is 373 g/mol. The molecule has 0 bridgehead atoms. The molecule has 1 amide bonds. The van der Waals surface area contributed by atoms with Crippen molar-refractivity contribution in [2.75, 3.05) is 12.3 Å². The number of pyridine rings is 2. The van der Waals surface area contributed by atoms with Crippen LogP contribution in [0.2, 0.25) is 0 Å². The molecule has 0 unspecified atom stereocenters. The number of anilines is 1. The van der Waals surface area contributed by atoms with Gasteiger partial charge in [-0.1, -0.05) is 13.8 Å². The molecule has 0 aliphatic rings. The minimum atomic E-state index is -0.0590. The molecule has 0 saturated carbocycles. The van der Waals surface area contributed by atoms with Crippen molar-refractivity contribution in [2.24, 2.45) is 5.92 Å². The first-order valence-corrected chi connectivity index (χ1v) is 9.18. The van der Waals surface area contributed by atoms with Gasteiger partial charge in [0.1, 0.15) is 11.9 Å². The van der Waals surface area contributed by atoms with E-state index >= 15 is 0 Å². The number of nitrogens with zero attached hydrogens (tertiary/aromatic N) is 4. The van der Waals surface area contributed by atoms with E-state index in [1.807, 2.05) is 25.1 Å². The molecule has 2 heterocycles. The van der Waals surface area contributed by atoms with Gasteiger partial charge >= 0.3 is 0 Å². The fraction of sp³-hybridized carbons (Fsp3) is 0.273. The SMILES string of the molecule is Cc1cc2cc(C(=O)N(Cc3ccc(C#N)cn3)CC(C)C)ccc2nc1N. The summed E-state index contributed by atoms with van der Waals surface area (Å²) in [4.78, 5) is 23.7. The maximum absolute atomic E-state index is 13.2. The molecule has 2 aromatic heterocycles. The van der Waals surface area contributed by atoms with Gasteiger partial charge in [0.15, 0.2) is 0 Å². The number of hydrogen-bond donors (Lipinski definition) is 1. The van der Waals surface area contributed by atoms with E-state index in [0.717, 1.165) is 22.2 Å². The number of hydrogen-bond acceptors (Lipinski definition) is 5. The number of nitriles is 1. The number of aromatic nitrogens is 2. The Kier molecular flexibility index (Phi) is 5.55. The lowest BCUT2D eigenvalue weighted by molar-refractivity contribution is 0.0720. The van der Waals surface area contributed by atoms with Crippen LogP contribution in [0.5, 0.6) is 0 Å².